The second kappa shape index (κ2) is 5.07. The van der Waals surface area contributed by atoms with Crippen molar-refractivity contribution in [3.05, 3.63) is 72.4 Å². The Labute approximate surface area is 128 Å². The predicted molar refractivity (Wildman–Crippen MR) is 86.8 cm³/mol. The van der Waals surface area contributed by atoms with Crippen LogP contribution >= 0.6 is 0 Å². The molecule has 0 aliphatic rings. The van der Waals surface area contributed by atoms with Crippen molar-refractivity contribution in [3.63, 3.8) is 0 Å². The van der Waals surface area contributed by atoms with Crippen molar-refractivity contribution >= 4 is 10.9 Å². The quantitative estimate of drug-likeness (QED) is 0.563. The largest absolute Gasteiger partial charge is 0.229 e. The van der Waals surface area contributed by atoms with E-state index in [1.54, 1.807) is 4.68 Å². The van der Waals surface area contributed by atoms with Crippen LogP contribution in [0.3, 0.4) is 0 Å². The van der Waals surface area contributed by atoms with Gasteiger partial charge in [0.1, 0.15) is 5.69 Å². The maximum atomic E-state index is 4.67. The van der Waals surface area contributed by atoms with Crippen molar-refractivity contribution in [1.82, 2.24) is 20.0 Å². The summed E-state index contributed by atoms with van der Waals surface area (Å²) in [6, 6.07) is 20.2. The van der Waals surface area contributed by atoms with E-state index >= 15 is 0 Å². The van der Waals surface area contributed by atoms with Crippen LogP contribution < -0.4 is 0 Å². The second-order valence-electron chi connectivity index (χ2n) is 5.23. The fraction of sp³-hybridized carbons (Fsp3) is 0.0556. The van der Waals surface area contributed by atoms with Gasteiger partial charge >= 0.3 is 0 Å². The Hall–Kier alpha value is -3.01. The number of fused-ring (bicyclic) bond motifs is 1. The van der Waals surface area contributed by atoms with Crippen molar-refractivity contribution < 1.29 is 0 Å². The molecule has 2 aromatic heterocycles. The lowest BCUT2D eigenvalue weighted by Crippen LogP contribution is -1.99. The zero-order valence-corrected chi connectivity index (χ0v) is 12.1. The summed E-state index contributed by atoms with van der Waals surface area (Å²) in [5, 5.41) is 9.62. The van der Waals surface area contributed by atoms with Gasteiger partial charge in [0.25, 0.3) is 0 Å². The summed E-state index contributed by atoms with van der Waals surface area (Å²) >= 11 is 0. The number of pyridine rings is 1. The van der Waals surface area contributed by atoms with E-state index in [1.807, 2.05) is 60.8 Å². The normalized spacial score (nSPS) is 11.0. The van der Waals surface area contributed by atoms with Crippen LogP contribution in [-0.4, -0.2) is 20.0 Å². The minimum Gasteiger partial charge on any atom is -0.229 e. The number of nitrogens with zero attached hydrogens (tertiary/aromatic N) is 4. The number of para-hydroxylation sites is 1. The van der Waals surface area contributed by atoms with Gasteiger partial charge in [-0.15, -0.1) is 5.10 Å². The molecule has 0 radical (unpaired) electrons. The Bertz CT molecular complexity index is 942. The van der Waals surface area contributed by atoms with Gasteiger partial charge in [-0.05, 0) is 24.6 Å². The van der Waals surface area contributed by atoms with Gasteiger partial charge in [0.05, 0.1) is 11.7 Å². The third kappa shape index (κ3) is 2.15. The Morgan fingerprint density at radius 1 is 0.909 bits per heavy atom. The van der Waals surface area contributed by atoms with Crippen LogP contribution in [0.2, 0.25) is 0 Å². The molecule has 0 aliphatic heterocycles. The molecular formula is C18H14N4. The van der Waals surface area contributed by atoms with Gasteiger partial charge in [0.2, 0.25) is 0 Å². The molecule has 0 atom stereocenters. The average molecular weight is 286 g/mol. The molecule has 2 aromatic carbocycles. The van der Waals surface area contributed by atoms with Gasteiger partial charge in [0, 0.05) is 10.9 Å². The van der Waals surface area contributed by atoms with E-state index in [9.17, 15) is 0 Å². The van der Waals surface area contributed by atoms with E-state index in [2.05, 4.69) is 28.3 Å². The first-order chi connectivity index (χ1) is 10.8. The standard InChI is InChI=1S/C18H14N4/c1-13-11-18(19-16-10-6-5-9-15(13)16)22-12-17(20-21-22)14-7-3-2-4-8-14/h2-12H,1H3. The number of hydrogen-bond acceptors (Lipinski definition) is 3. The van der Waals surface area contributed by atoms with Gasteiger partial charge < -0.3 is 0 Å². The van der Waals surface area contributed by atoms with Crippen molar-refractivity contribution in [2.45, 2.75) is 6.92 Å². The fourth-order valence-electron chi connectivity index (χ4n) is 2.57. The molecule has 0 amide bonds. The SMILES string of the molecule is Cc1cc(-n2cc(-c3ccccc3)nn2)nc2ccccc12. The number of rotatable bonds is 2. The zero-order chi connectivity index (χ0) is 14.9. The Balaban J connectivity index is 1.81. The molecule has 4 nitrogen and oxygen atoms in total. The monoisotopic (exact) mass is 286 g/mol. The van der Waals surface area contributed by atoms with Crippen LogP contribution in [-0.2, 0) is 0 Å². The molecule has 0 spiro atoms. The van der Waals surface area contributed by atoms with E-state index < -0.39 is 0 Å². The molecule has 106 valence electrons. The molecule has 0 aliphatic carbocycles. The van der Waals surface area contributed by atoms with Crippen LogP contribution in [0, 0.1) is 6.92 Å². The number of benzene rings is 2. The number of aryl methyl sites for hydroxylation is 1. The highest BCUT2D eigenvalue weighted by Crippen LogP contribution is 2.21. The van der Waals surface area contributed by atoms with Crippen LogP contribution in [0.15, 0.2) is 66.9 Å². The van der Waals surface area contributed by atoms with E-state index in [1.165, 1.54) is 5.56 Å². The summed E-state index contributed by atoms with van der Waals surface area (Å²) in [6.07, 6.45) is 1.91. The topological polar surface area (TPSA) is 43.6 Å². The minimum atomic E-state index is 0.783. The van der Waals surface area contributed by atoms with Crippen molar-refractivity contribution in [1.29, 1.82) is 0 Å². The number of hydrogen-bond donors (Lipinski definition) is 0. The summed E-state index contributed by atoms with van der Waals surface area (Å²) in [5.41, 5.74) is 4.03. The first-order valence-electron chi connectivity index (χ1n) is 7.16. The summed E-state index contributed by atoms with van der Waals surface area (Å²) < 4.78 is 1.72. The Morgan fingerprint density at radius 3 is 2.55 bits per heavy atom. The lowest BCUT2D eigenvalue weighted by molar-refractivity contribution is 0.784. The van der Waals surface area contributed by atoms with E-state index in [-0.39, 0.29) is 0 Å². The molecule has 0 saturated heterocycles. The molecule has 4 aromatic rings. The molecule has 4 heteroatoms. The van der Waals surface area contributed by atoms with Gasteiger partial charge in [-0.1, -0.05) is 53.7 Å². The minimum absolute atomic E-state index is 0.783. The number of aromatic nitrogens is 4. The molecule has 0 fully saturated rings. The highest BCUT2D eigenvalue weighted by molar-refractivity contribution is 5.82. The molecule has 0 bridgehead atoms. The third-order valence-electron chi connectivity index (χ3n) is 3.71. The Kier molecular flexibility index (Phi) is 2.93. The smallest absolute Gasteiger partial charge is 0.156 e. The first-order valence-corrected chi connectivity index (χ1v) is 7.16. The highest BCUT2D eigenvalue weighted by Gasteiger charge is 2.08. The molecule has 0 unspecified atom stereocenters. The van der Waals surface area contributed by atoms with Crippen molar-refractivity contribution in [2.75, 3.05) is 0 Å². The van der Waals surface area contributed by atoms with Crippen LogP contribution in [0.25, 0.3) is 28.0 Å². The molecule has 4 rings (SSSR count). The highest BCUT2D eigenvalue weighted by atomic mass is 15.4. The zero-order valence-electron chi connectivity index (χ0n) is 12.1. The Morgan fingerprint density at radius 2 is 1.68 bits per heavy atom. The van der Waals surface area contributed by atoms with Crippen LogP contribution in [0.5, 0.6) is 0 Å². The van der Waals surface area contributed by atoms with Crippen LogP contribution in [0.4, 0.5) is 0 Å². The summed E-state index contributed by atoms with van der Waals surface area (Å²) in [7, 11) is 0. The van der Waals surface area contributed by atoms with Gasteiger partial charge in [0.15, 0.2) is 5.82 Å². The first kappa shape index (κ1) is 12.7. The molecule has 0 saturated carbocycles. The van der Waals surface area contributed by atoms with E-state index in [4.69, 9.17) is 0 Å². The van der Waals surface area contributed by atoms with Crippen LogP contribution in [0.1, 0.15) is 5.56 Å². The maximum absolute atomic E-state index is 4.67. The van der Waals surface area contributed by atoms with E-state index in [0.29, 0.717) is 0 Å². The van der Waals surface area contributed by atoms with E-state index in [0.717, 1.165) is 28.0 Å². The summed E-state index contributed by atoms with van der Waals surface area (Å²) in [5.74, 6) is 0.783. The predicted octanol–water partition coefficient (Wildman–Crippen LogP) is 3.79. The van der Waals surface area contributed by atoms with Gasteiger partial charge in [-0.3, -0.25) is 0 Å². The average Bonchev–Trinajstić information content (AvgIpc) is 3.06. The third-order valence-corrected chi connectivity index (χ3v) is 3.71. The molecular weight excluding hydrogens is 272 g/mol. The van der Waals surface area contributed by atoms with Gasteiger partial charge in [-0.25, -0.2) is 9.67 Å². The second-order valence-corrected chi connectivity index (χ2v) is 5.23. The summed E-state index contributed by atoms with van der Waals surface area (Å²) in [6.45, 7) is 2.09. The molecule has 0 N–H and O–H groups in total. The lowest BCUT2D eigenvalue weighted by Gasteiger charge is -2.05. The van der Waals surface area contributed by atoms with Gasteiger partial charge in [-0.2, -0.15) is 0 Å². The summed E-state index contributed by atoms with van der Waals surface area (Å²) in [4.78, 5) is 4.67. The fourth-order valence-corrected chi connectivity index (χ4v) is 2.57. The molecule has 22 heavy (non-hydrogen) atoms. The maximum Gasteiger partial charge on any atom is 0.156 e. The lowest BCUT2D eigenvalue weighted by atomic mass is 10.1. The molecule has 2 heterocycles. The van der Waals surface area contributed by atoms with Crippen molar-refractivity contribution in [3.8, 4) is 17.1 Å². The van der Waals surface area contributed by atoms with Crippen molar-refractivity contribution in [2.24, 2.45) is 0 Å².